The van der Waals surface area contributed by atoms with Gasteiger partial charge in [-0.1, -0.05) is 59.6 Å². The third kappa shape index (κ3) is 6.93. The van der Waals surface area contributed by atoms with Gasteiger partial charge in [0.2, 0.25) is 17.7 Å². The van der Waals surface area contributed by atoms with E-state index >= 15 is 4.39 Å². The number of unbranched alkanes of at least 4 members (excludes halogenated alkanes) is 1. The second-order valence-corrected chi connectivity index (χ2v) is 18.3. The first-order chi connectivity index (χ1) is 30.0. The van der Waals surface area contributed by atoms with Gasteiger partial charge in [0, 0.05) is 95.3 Å². The van der Waals surface area contributed by atoms with E-state index in [9.17, 15) is 24.0 Å². The second kappa shape index (κ2) is 16.1. The molecule has 10 rings (SSSR count). The smallest absolute Gasteiger partial charge is 0.255 e. The largest absolute Gasteiger partial charge is 0.385 e. The van der Waals surface area contributed by atoms with Gasteiger partial charge < -0.3 is 26.2 Å². The Hall–Kier alpha value is -5.34. The number of imide groups is 1. The molecule has 1 aliphatic carbocycles. The van der Waals surface area contributed by atoms with E-state index in [0.717, 1.165) is 48.1 Å². The summed E-state index contributed by atoms with van der Waals surface area (Å²) >= 11 is 12.8. The van der Waals surface area contributed by atoms with Crippen LogP contribution in [0.3, 0.4) is 0 Å². The maximum absolute atomic E-state index is 16.2. The maximum Gasteiger partial charge on any atom is 0.255 e. The molecule has 0 bridgehead atoms. The molecule has 0 radical (unpaired) electrons. The van der Waals surface area contributed by atoms with E-state index in [2.05, 4.69) is 31.5 Å². The summed E-state index contributed by atoms with van der Waals surface area (Å²) in [5.41, 5.74) is 4.45. The second-order valence-electron chi connectivity index (χ2n) is 17.4. The number of benzene rings is 4. The molecule has 4 aromatic rings. The van der Waals surface area contributed by atoms with Crippen molar-refractivity contribution < 1.29 is 28.4 Å². The predicted molar refractivity (Wildman–Crippen MR) is 232 cm³/mol. The van der Waals surface area contributed by atoms with Crippen molar-refractivity contribution in [2.24, 2.45) is 5.92 Å². The van der Waals surface area contributed by atoms with E-state index < -0.39 is 29.2 Å². The van der Waals surface area contributed by atoms with Crippen LogP contribution in [0.4, 0.5) is 15.8 Å². The lowest BCUT2D eigenvalue weighted by molar-refractivity contribution is -0.137. The monoisotopic (exact) mass is 877 g/mol. The minimum absolute atomic E-state index is 0.0139. The Labute approximate surface area is 368 Å². The summed E-state index contributed by atoms with van der Waals surface area (Å²) in [4.78, 5) is 68.9. The molecular weight excluding hydrogens is 832 g/mol. The number of hydrogen-bond acceptors (Lipinski definition) is 8. The molecule has 6 aliphatic rings. The van der Waals surface area contributed by atoms with Crippen molar-refractivity contribution in [3.63, 3.8) is 0 Å². The van der Waals surface area contributed by atoms with Crippen LogP contribution in [0.5, 0.6) is 0 Å². The lowest BCUT2D eigenvalue weighted by Crippen LogP contribution is -2.53. The Morgan fingerprint density at radius 2 is 1.69 bits per heavy atom. The Bertz CT molecular complexity index is 2520. The van der Waals surface area contributed by atoms with Crippen molar-refractivity contribution in [1.82, 2.24) is 25.8 Å². The van der Waals surface area contributed by atoms with Crippen LogP contribution in [0.15, 0.2) is 78.9 Å². The number of anilines is 2. The molecule has 6 atom stereocenters. The first-order valence-electron chi connectivity index (χ1n) is 21.5. The van der Waals surface area contributed by atoms with Crippen molar-refractivity contribution >= 4 is 64.1 Å². The minimum atomic E-state index is -1.16. The fourth-order valence-electron chi connectivity index (χ4n) is 10.7. The van der Waals surface area contributed by atoms with Crippen molar-refractivity contribution in [3.8, 4) is 0 Å². The number of hydrogen-bond donors (Lipinski definition) is 5. The zero-order valence-corrected chi connectivity index (χ0v) is 35.3. The average molecular weight is 879 g/mol. The summed E-state index contributed by atoms with van der Waals surface area (Å²) in [6, 6.07) is 22.5. The highest BCUT2D eigenvalue weighted by molar-refractivity contribution is 6.31. The molecule has 5 amide bonds. The third-order valence-corrected chi connectivity index (χ3v) is 14.3. The number of carbonyl (C=O) groups excluding carboxylic acids is 5. The molecule has 15 heteroatoms. The highest BCUT2D eigenvalue weighted by Crippen LogP contribution is 2.61. The molecule has 4 aromatic carbocycles. The van der Waals surface area contributed by atoms with Crippen LogP contribution in [0, 0.1) is 11.7 Å². The fraction of sp³-hybridized carbons (Fsp3) is 0.383. The Kier molecular flexibility index (Phi) is 10.6. The molecule has 1 spiro atoms. The lowest BCUT2D eigenvalue weighted by Gasteiger charge is -2.41. The zero-order valence-electron chi connectivity index (χ0n) is 33.8. The van der Waals surface area contributed by atoms with E-state index in [4.69, 9.17) is 23.2 Å². The van der Waals surface area contributed by atoms with Crippen molar-refractivity contribution in [2.75, 3.05) is 30.3 Å². The SMILES string of the molecule is O=C1CCC(N2Cc3c(NCCCCNC(=O)c4ccc([C@H]5C[C@H]6C(N5)[C@H](c5cccc(Cl)c5F)[C@]5(C(=O)Nc7cc(Cl)ccc75)N6CC5CC5)cc4)cccc3C2=O)C(=O)N1. The van der Waals surface area contributed by atoms with Crippen molar-refractivity contribution in [3.05, 3.63) is 128 Å². The topological polar surface area (TPSA) is 152 Å². The number of piperidine rings is 1. The molecule has 0 aromatic heterocycles. The van der Waals surface area contributed by atoms with E-state index in [1.807, 2.05) is 42.5 Å². The van der Waals surface area contributed by atoms with Crippen molar-refractivity contribution in [1.29, 1.82) is 0 Å². The first kappa shape index (κ1) is 40.7. The molecule has 62 heavy (non-hydrogen) atoms. The maximum atomic E-state index is 16.2. The first-order valence-corrected chi connectivity index (χ1v) is 22.2. The van der Waals surface area contributed by atoms with Gasteiger partial charge in [-0.2, -0.15) is 0 Å². The van der Waals surface area contributed by atoms with Crippen LogP contribution >= 0.6 is 23.2 Å². The summed E-state index contributed by atoms with van der Waals surface area (Å²) in [5.74, 6) is -1.98. The molecule has 320 valence electrons. The number of amides is 5. The van der Waals surface area contributed by atoms with E-state index in [1.165, 1.54) is 6.07 Å². The number of nitrogens with zero attached hydrogens (tertiary/aromatic N) is 2. The number of nitrogens with one attached hydrogen (secondary N) is 5. The molecule has 1 saturated carbocycles. The summed E-state index contributed by atoms with van der Waals surface area (Å²) in [6.07, 6.45) is 4.86. The molecule has 4 fully saturated rings. The number of halogens is 3. The third-order valence-electron chi connectivity index (χ3n) is 13.8. The van der Waals surface area contributed by atoms with Gasteiger partial charge in [0.15, 0.2) is 0 Å². The molecule has 5 heterocycles. The highest BCUT2D eigenvalue weighted by Gasteiger charge is 2.69. The number of likely N-dealkylation sites (tertiary alicyclic amines) is 1. The Morgan fingerprint density at radius 1 is 0.903 bits per heavy atom. The normalized spacial score (nSPS) is 26.4. The van der Waals surface area contributed by atoms with Crippen LogP contribution < -0.4 is 26.6 Å². The Balaban J connectivity index is 0.780. The molecule has 12 nitrogen and oxygen atoms in total. The number of fused-ring (bicyclic) bond motifs is 4. The van der Waals surface area contributed by atoms with Gasteiger partial charge >= 0.3 is 0 Å². The van der Waals surface area contributed by atoms with Crippen molar-refractivity contribution in [2.45, 2.75) is 87.1 Å². The predicted octanol–water partition coefficient (Wildman–Crippen LogP) is 6.64. The molecular formula is C47H46Cl2FN7O5. The van der Waals surface area contributed by atoms with E-state index in [0.29, 0.717) is 72.3 Å². The quantitative estimate of drug-likeness (QED) is 0.0785. The average Bonchev–Trinajstić information content (AvgIpc) is 3.66. The van der Waals surface area contributed by atoms with E-state index in [1.54, 1.807) is 35.2 Å². The van der Waals surface area contributed by atoms with Gasteiger partial charge in [-0.15, -0.1) is 0 Å². The molecule has 5 N–H and O–H groups in total. The minimum Gasteiger partial charge on any atom is -0.385 e. The fourth-order valence-corrected chi connectivity index (χ4v) is 11.0. The van der Waals surface area contributed by atoms with Crippen LogP contribution in [-0.2, 0) is 26.5 Å². The lowest BCUT2D eigenvalue weighted by atomic mass is 9.73. The van der Waals surface area contributed by atoms with Gasteiger partial charge in [-0.3, -0.25) is 34.2 Å². The van der Waals surface area contributed by atoms with Crippen LogP contribution in [0.1, 0.15) is 99.9 Å². The van der Waals surface area contributed by atoms with Crippen LogP contribution in [-0.4, -0.2) is 77.1 Å². The van der Waals surface area contributed by atoms with E-state index in [-0.39, 0.29) is 53.2 Å². The van der Waals surface area contributed by atoms with Gasteiger partial charge in [0.1, 0.15) is 17.4 Å². The molecule has 2 unspecified atom stereocenters. The van der Waals surface area contributed by atoms with Gasteiger partial charge in [-0.25, -0.2) is 4.39 Å². The van der Waals surface area contributed by atoms with Gasteiger partial charge in [0.25, 0.3) is 11.8 Å². The van der Waals surface area contributed by atoms with Gasteiger partial charge in [0.05, 0.1) is 5.02 Å². The Morgan fingerprint density at radius 3 is 2.48 bits per heavy atom. The summed E-state index contributed by atoms with van der Waals surface area (Å²) < 4.78 is 16.2. The summed E-state index contributed by atoms with van der Waals surface area (Å²) in [7, 11) is 0. The number of carbonyl (C=O) groups is 5. The zero-order chi connectivity index (χ0) is 42.9. The summed E-state index contributed by atoms with van der Waals surface area (Å²) in [5, 5.41) is 16.3. The van der Waals surface area contributed by atoms with Crippen LogP contribution in [0.2, 0.25) is 10.0 Å². The number of rotatable bonds is 12. The highest BCUT2D eigenvalue weighted by atomic mass is 35.5. The molecule has 3 saturated heterocycles. The summed E-state index contributed by atoms with van der Waals surface area (Å²) in [6.45, 7) is 2.11. The van der Waals surface area contributed by atoms with Crippen LogP contribution in [0.25, 0.3) is 0 Å². The standard InChI is InChI=1S/C47H46Cl2FN7O5/c48-28-15-16-32-36(21-28)54-46(62)47(32)40(30-6-3-7-33(49)41(30)50)42-38(57(47)23-25-9-10-25)22-35(53-42)26-11-13-27(14-12-26)43(59)52-20-2-1-19-51-34-8-4-5-29-31(34)24-56(45(29)61)37-17-18-39(58)55-44(37)60/h3-8,11-16,21,25,35,37-38,40,42,51,53H,1-2,9-10,17-20,22-24H2,(H,52,59)(H,54,62)(H,55,58,60)/t35-,37?,38+,40+,42?,47-/m1/s1. The van der Waals surface area contributed by atoms with Gasteiger partial charge in [-0.05, 0) is 98.0 Å². The molecule has 5 aliphatic heterocycles.